The van der Waals surface area contributed by atoms with E-state index in [1.54, 1.807) is 11.7 Å². The van der Waals surface area contributed by atoms with Crippen LogP contribution in [0.2, 0.25) is 0 Å². The molecule has 182 valence electrons. The van der Waals surface area contributed by atoms with Crippen LogP contribution in [0, 0.1) is 12.3 Å². The number of thiophene rings is 1. The Morgan fingerprint density at radius 1 is 1.24 bits per heavy atom. The Labute approximate surface area is 197 Å². The number of nitrogens with one attached hydrogen (secondary N) is 1. The zero-order valence-electron chi connectivity index (χ0n) is 20.3. The van der Waals surface area contributed by atoms with Crippen molar-refractivity contribution in [2.24, 2.45) is 5.41 Å². The van der Waals surface area contributed by atoms with Gasteiger partial charge in [0, 0.05) is 24.6 Å². The normalized spacial score (nSPS) is 17.8. The fourth-order valence-electron chi connectivity index (χ4n) is 5.14. The Balaban J connectivity index is 1.63. The third kappa shape index (κ3) is 4.68. The maximum absolute atomic E-state index is 13.5. The van der Waals surface area contributed by atoms with Crippen LogP contribution in [0.25, 0.3) is 10.2 Å². The summed E-state index contributed by atoms with van der Waals surface area (Å²) in [6.07, 6.45) is 5.52. The van der Waals surface area contributed by atoms with Crippen LogP contribution in [-0.2, 0) is 27.4 Å². The van der Waals surface area contributed by atoms with E-state index in [0.717, 1.165) is 23.3 Å². The molecule has 0 bridgehead atoms. The first-order valence-electron chi connectivity index (χ1n) is 11.7. The quantitative estimate of drug-likeness (QED) is 0.588. The van der Waals surface area contributed by atoms with Crippen LogP contribution < -0.4 is 16.6 Å². The minimum absolute atomic E-state index is 0.0171. The van der Waals surface area contributed by atoms with Crippen molar-refractivity contribution in [2.45, 2.75) is 84.5 Å². The fourth-order valence-corrected chi connectivity index (χ4v) is 6.43. The topological polar surface area (TPSA) is 91.6 Å². The van der Waals surface area contributed by atoms with Crippen molar-refractivity contribution in [3.8, 4) is 0 Å². The highest BCUT2D eigenvalue weighted by Crippen LogP contribution is 2.59. The summed E-state index contributed by atoms with van der Waals surface area (Å²) >= 11 is 1.44. The van der Waals surface area contributed by atoms with E-state index >= 15 is 0 Å². The summed E-state index contributed by atoms with van der Waals surface area (Å²) in [5.41, 5.74) is 0.278. The van der Waals surface area contributed by atoms with Gasteiger partial charge >= 0.3 is 11.7 Å². The van der Waals surface area contributed by atoms with Gasteiger partial charge in [-0.1, -0.05) is 6.42 Å². The van der Waals surface area contributed by atoms with Crippen LogP contribution in [0.15, 0.2) is 9.59 Å². The number of carbonyl (C=O) groups excluding carboxylic acids is 1. The molecular weight excluding hydrogens is 442 g/mol. The second kappa shape index (κ2) is 9.00. The molecule has 1 N–H and O–H groups in total. The first-order valence-corrected chi connectivity index (χ1v) is 12.6. The SMILES string of the molecule is COCCn1c(=O)n(C2CC3(CCC3)C2)c(=O)c2c(C)c(CNCC(=O)OC(C)(C)C)sc21. The number of nitrogens with zero attached hydrogens (tertiary/aromatic N) is 2. The summed E-state index contributed by atoms with van der Waals surface area (Å²) in [7, 11) is 1.61. The first kappa shape index (κ1) is 24.2. The molecule has 2 fully saturated rings. The number of esters is 1. The Morgan fingerprint density at radius 2 is 1.94 bits per heavy atom. The Morgan fingerprint density at radius 3 is 2.52 bits per heavy atom. The van der Waals surface area contributed by atoms with Crippen LogP contribution in [-0.4, -0.2) is 41.0 Å². The Hall–Kier alpha value is -1.97. The number of fused-ring (bicyclic) bond motifs is 1. The molecule has 2 aliphatic carbocycles. The van der Waals surface area contributed by atoms with E-state index in [0.29, 0.717) is 35.3 Å². The molecule has 0 unspecified atom stereocenters. The number of methoxy groups -OCH3 is 1. The minimum Gasteiger partial charge on any atom is -0.459 e. The van der Waals surface area contributed by atoms with Gasteiger partial charge in [0.05, 0.1) is 25.1 Å². The highest BCUT2D eigenvalue weighted by Gasteiger charge is 2.49. The fraction of sp³-hybridized carbons (Fsp3) is 0.708. The molecule has 8 nitrogen and oxygen atoms in total. The summed E-state index contributed by atoms with van der Waals surface area (Å²) in [5, 5.41) is 3.73. The second-order valence-electron chi connectivity index (χ2n) is 10.5. The van der Waals surface area contributed by atoms with E-state index in [4.69, 9.17) is 9.47 Å². The standard InChI is InChI=1S/C24H35N3O5S/c1-15-17(13-25-14-18(28)32-23(2,3)4)33-21-19(15)20(29)27(22(30)26(21)9-10-31-5)16-11-24(12-16)7-6-8-24/h16,25H,6-14H2,1-5H3. The van der Waals surface area contributed by atoms with E-state index in [1.165, 1.54) is 35.2 Å². The molecule has 33 heavy (non-hydrogen) atoms. The maximum atomic E-state index is 13.5. The van der Waals surface area contributed by atoms with Gasteiger partial charge in [-0.2, -0.15) is 0 Å². The van der Waals surface area contributed by atoms with Crippen molar-refractivity contribution < 1.29 is 14.3 Å². The van der Waals surface area contributed by atoms with Gasteiger partial charge in [0.1, 0.15) is 10.4 Å². The largest absolute Gasteiger partial charge is 0.459 e. The average molecular weight is 478 g/mol. The molecule has 0 aromatic carbocycles. The molecule has 0 atom stereocenters. The van der Waals surface area contributed by atoms with Crippen LogP contribution in [0.4, 0.5) is 0 Å². The number of aryl methyl sites for hydroxylation is 1. The summed E-state index contributed by atoms with van der Waals surface area (Å²) < 4.78 is 13.8. The molecule has 0 saturated heterocycles. The van der Waals surface area contributed by atoms with E-state index < -0.39 is 5.60 Å². The lowest BCUT2D eigenvalue weighted by Gasteiger charge is -2.54. The lowest BCUT2D eigenvalue weighted by Crippen LogP contribution is -2.51. The van der Waals surface area contributed by atoms with E-state index in [9.17, 15) is 14.4 Å². The van der Waals surface area contributed by atoms with Gasteiger partial charge in [-0.15, -0.1) is 11.3 Å². The Kier molecular flexibility index (Phi) is 6.59. The van der Waals surface area contributed by atoms with Gasteiger partial charge < -0.3 is 14.8 Å². The van der Waals surface area contributed by atoms with Gasteiger partial charge in [0.15, 0.2) is 0 Å². The van der Waals surface area contributed by atoms with Crippen LogP contribution in [0.5, 0.6) is 0 Å². The van der Waals surface area contributed by atoms with Crippen molar-refractivity contribution in [3.05, 3.63) is 31.3 Å². The molecule has 2 saturated carbocycles. The van der Waals surface area contributed by atoms with E-state index in [-0.39, 0.29) is 29.8 Å². The van der Waals surface area contributed by atoms with Gasteiger partial charge in [0.2, 0.25) is 0 Å². The summed E-state index contributed by atoms with van der Waals surface area (Å²) in [6, 6.07) is -0.0171. The molecule has 2 heterocycles. The third-order valence-electron chi connectivity index (χ3n) is 6.95. The summed E-state index contributed by atoms with van der Waals surface area (Å²) in [4.78, 5) is 40.6. The van der Waals surface area contributed by atoms with Crippen molar-refractivity contribution in [1.29, 1.82) is 0 Å². The van der Waals surface area contributed by atoms with Gasteiger partial charge in [0.25, 0.3) is 5.56 Å². The predicted molar refractivity (Wildman–Crippen MR) is 129 cm³/mol. The minimum atomic E-state index is -0.533. The van der Waals surface area contributed by atoms with E-state index in [2.05, 4.69) is 5.32 Å². The number of rotatable bonds is 8. The second-order valence-corrected chi connectivity index (χ2v) is 11.6. The zero-order chi connectivity index (χ0) is 24.0. The smallest absolute Gasteiger partial charge is 0.332 e. The summed E-state index contributed by atoms with van der Waals surface area (Å²) in [6.45, 7) is 8.72. The molecule has 2 aliphatic rings. The monoisotopic (exact) mass is 477 g/mol. The lowest BCUT2D eigenvalue weighted by atomic mass is 9.54. The summed E-state index contributed by atoms with van der Waals surface area (Å²) in [5.74, 6) is -0.324. The molecule has 2 aromatic heterocycles. The molecular formula is C24H35N3O5S. The van der Waals surface area contributed by atoms with Gasteiger partial charge in [-0.25, -0.2) is 4.79 Å². The van der Waals surface area contributed by atoms with Crippen molar-refractivity contribution >= 4 is 27.5 Å². The van der Waals surface area contributed by atoms with E-state index in [1.807, 2.05) is 27.7 Å². The van der Waals surface area contributed by atoms with Crippen LogP contribution >= 0.6 is 11.3 Å². The third-order valence-corrected chi connectivity index (χ3v) is 8.27. The molecule has 4 rings (SSSR count). The van der Waals surface area contributed by atoms with Crippen LogP contribution in [0.3, 0.4) is 0 Å². The molecule has 1 spiro atoms. The number of hydrogen-bond donors (Lipinski definition) is 1. The van der Waals surface area contributed by atoms with Crippen LogP contribution in [0.1, 0.15) is 69.4 Å². The number of aromatic nitrogens is 2. The molecule has 9 heteroatoms. The predicted octanol–water partition coefficient (Wildman–Crippen LogP) is 3.12. The lowest BCUT2D eigenvalue weighted by molar-refractivity contribution is -0.153. The van der Waals surface area contributed by atoms with Gasteiger partial charge in [-0.05, 0) is 64.4 Å². The Bertz CT molecular complexity index is 1160. The first-order chi connectivity index (χ1) is 15.6. The van der Waals surface area contributed by atoms with Crippen molar-refractivity contribution in [2.75, 3.05) is 20.3 Å². The maximum Gasteiger partial charge on any atom is 0.332 e. The van der Waals surface area contributed by atoms with Crippen molar-refractivity contribution in [3.63, 3.8) is 0 Å². The highest BCUT2D eigenvalue weighted by molar-refractivity contribution is 7.18. The van der Waals surface area contributed by atoms with Crippen molar-refractivity contribution in [1.82, 2.24) is 14.5 Å². The average Bonchev–Trinajstić information content (AvgIpc) is 2.97. The zero-order valence-corrected chi connectivity index (χ0v) is 21.1. The highest BCUT2D eigenvalue weighted by atomic mass is 32.1. The molecule has 0 amide bonds. The molecule has 0 aliphatic heterocycles. The number of hydrogen-bond acceptors (Lipinski definition) is 7. The number of carbonyl (C=O) groups is 1. The number of ether oxygens (including phenoxy) is 2. The molecule has 0 radical (unpaired) electrons. The van der Waals surface area contributed by atoms with Gasteiger partial charge in [-0.3, -0.25) is 18.7 Å². The molecule has 2 aromatic rings.